The first-order valence-electron chi connectivity index (χ1n) is 5.32. The molecule has 0 spiro atoms. The molecule has 0 aliphatic carbocycles. The monoisotopic (exact) mass is 230 g/mol. The van der Waals surface area contributed by atoms with Crippen molar-refractivity contribution in [3.63, 3.8) is 0 Å². The Kier molecular flexibility index (Phi) is 3.14. The Labute approximate surface area is 99.2 Å². The number of nitrogens with two attached hydrogens (primary N) is 1. The molecule has 88 valence electrons. The second kappa shape index (κ2) is 4.74. The largest absolute Gasteiger partial charge is 0.483 e. The average molecular weight is 230 g/mol. The van der Waals surface area contributed by atoms with Crippen LogP contribution in [0.3, 0.4) is 0 Å². The zero-order valence-electron chi connectivity index (χ0n) is 9.59. The summed E-state index contributed by atoms with van der Waals surface area (Å²) in [6, 6.07) is 11.1. The summed E-state index contributed by atoms with van der Waals surface area (Å²) in [5.74, 6) is 5.96. The molecule has 0 saturated carbocycles. The molecule has 0 saturated heterocycles. The van der Waals surface area contributed by atoms with Crippen molar-refractivity contribution in [3.05, 3.63) is 64.1 Å². The molecule has 0 fully saturated rings. The molecule has 4 heteroatoms. The maximum absolute atomic E-state index is 11.6. The summed E-state index contributed by atoms with van der Waals surface area (Å²) in [6.07, 6.45) is 1.52. The standard InChI is InChI=1S/C13H14N2O2/c1-10-13(12(16)7-8-15(10)14)17-9-11-5-3-2-4-6-11/h2-8H,9,14H2,1H3. The number of hydrogen-bond donors (Lipinski definition) is 1. The first kappa shape index (κ1) is 11.3. The van der Waals surface area contributed by atoms with Crippen LogP contribution >= 0.6 is 0 Å². The number of ether oxygens (including phenoxy) is 1. The van der Waals surface area contributed by atoms with Crippen LogP contribution in [0.2, 0.25) is 0 Å². The number of nitrogen functional groups attached to an aromatic ring is 1. The minimum atomic E-state index is -0.153. The molecule has 4 nitrogen and oxygen atoms in total. The maximum Gasteiger partial charge on any atom is 0.223 e. The van der Waals surface area contributed by atoms with E-state index in [1.807, 2.05) is 30.3 Å². The van der Waals surface area contributed by atoms with E-state index in [1.165, 1.54) is 16.9 Å². The molecule has 2 N–H and O–H groups in total. The van der Waals surface area contributed by atoms with Crippen LogP contribution in [0.1, 0.15) is 11.3 Å². The molecular weight excluding hydrogens is 216 g/mol. The van der Waals surface area contributed by atoms with Gasteiger partial charge in [0.05, 0.1) is 5.69 Å². The lowest BCUT2D eigenvalue weighted by Gasteiger charge is -2.11. The fourth-order valence-corrected chi connectivity index (χ4v) is 1.54. The maximum atomic E-state index is 11.6. The number of rotatable bonds is 3. The lowest BCUT2D eigenvalue weighted by atomic mass is 10.2. The van der Waals surface area contributed by atoms with E-state index < -0.39 is 0 Å². The molecule has 0 aliphatic rings. The van der Waals surface area contributed by atoms with Gasteiger partial charge in [0.15, 0.2) is 5.75 Å². The van der Waals surface area contributed by atoms with Crippen molar-refractivity contribution in [2.24, 2.45) is 0 Å². The van der Waals surface area contributed by atoms with Crippen molar-refractivity contribution in [2.45, 2.75) is 13.5 Å². The van der Waals surface area contributed by atoms with E-state index >= 15 is 0 Å². The van der Waals surface area contributed by atoms with Crippen molar-refractivity contribution in [3.8, 4) is 5.75 Å². The van der Waals surface area contributed by atoms with Crippen LogP contribution in [0, 0.1) is 6.92 Å². The topological polar surface area (TPSA) is 57.2 Å². The SMILES string of the molecule is Cc1c(OCc2ccccc2)c(=O)ccn1N. The van der Waals surface area contributed by atoms with E-state index in [-0.39, 0.29) is 5.43 Å². The van der Waals surface area contributed by atoms with E-state index in [4.69, 9.17) is 10.6 Å². The van der Waals surface area contributed by atoms with Gasteiger partial charge in [-0.1, -0.05) is 30.3 Å². The minimum absolute atomic E-state index is 0.153. The van der Waals surface area contributed by atoms with Crippen LogP contribution in [0.5, 0.6) is 5.75 Å². The predicted octanol–water partition coefficient (Wildman–Crippen LogP) is 1.45. The first-order valence-corrected chi connectivity index (χ1v) is 5.32. The van der Waals surface area contributed by atoms with Crippen LogP contribution in [-0.4, -0.2) is 4.68 Å². The fraction of sp³-hybridized carbons (Fsp3) is 0.154. The van der Waals surface area contributed by atoms with Crippen LogP contribution in [0.4, 0.5) is 0 Å². The van der Waals surface area contributed by atoms with Gasteiger partial charge in [0.2, 0.25) is 5.43 Å². The molecule has 0 bridgehead atoms. The molecule has 0 aliphatic heterocycles. The second-order valence-electron chi connectivity index (χ2n) is 3.78. The first-order chi connectivity index (χ1) is 8.18. The third-order valence-corrected chi connectivity index (χ3v) is 2.55. The molecule has 2 rings (SSSR count). The quantitative estimate of drug-likeness (QED) is 0.812. The fourth-order valence-electron chi connectivity index (χ4n) is 1.54. The van der Waals surface area contributed by atoms with Gasteiger partial charge in [-0.05, 0) is 12.5 Å². The van der Waals surface area contributed by atoms with E-state index in [1.54, 1.807) is 6.92 Å². The third-order valence-electron chi connectivity index (χ3n) is 2.55. The van der Waals surface area contributed by atoms with Gasteiger partial charge in [-0.2, -0.15) is 0 Å². The van der Waals surface area contributed by atoms with Gasteiger partial charge >= 0.3 is 0 Å². The summed E-state index contributed by atoms with van der Waals surface area (Å²) < 4.78 is 6.90. The van der Waals surface area contributed by atoms with E-state index in [0.29, 0.717) is 18.1 Å². The number of pyridine rings is 1. The summed E-state index contributed by atoms with van der Waals surface area (Å²) in [7, 11) is 0. The highest BCUT2D eigenvalue weighted by Crippen LogP contribution is 2.11. The molecule has 1 aromatic heterocycles. The summed E-state index contributed by atoms with van der Waals surface area (Å²) in [5.41, 5.74) is 1.48. The molecule has 1 aromatic carbocycles. The summed E-state index contributed by atoms with van der Waals surface area (Å²) in [5, 5.41) is 0. The lowest BCUT2D eigenvalue weighted by Crippen LogP contribution is -2.19. The number of aromatic nitrogens is 1. The zero-order chi connectivity index (χ0) is 12.3. The van der Waals surface area contributed by atoms with E-state index in [2.05, 4.69) is 0 Å². The summed E-state index contributed by atoms with van der Waals surface area (Å²) in [6.45, 7) is 2.11. The Hall–Kier alpha value is -2.23. The average Bonchev–Trinajstić information content (AvgIpc) is 2.35. The summed E-state index contributed by atoms with van der Waals surface area (Å²) in [4.78, 5) is 11.6. The highest BCUT2D eigenvalue weighted by Gasteiger charge is 2.07. The van der Waals surface area contributed by atoms with Crippen LogP contribution < -0.4 is 16.0 Å². The van der Waals surface area contributed by atoms with Gasteiger partial charge in [-0.3, -0.25) is 9.47 Å². The van der Waals surface area contributed by atoms with Crippen LogP contribution in [-0.2, 0) is 6.61 Å². The molecule has 17 heavy (non-hydrogen) atoms. The number of nitrogens with zero attached hydrogens (tertiary/aromatic N) is 1. The Morgan fingerprint density at radius 3 is 2.65 bits per heavy atom. The Morgan fingerprint density at radius 2 is 1.94 bits per heavy atom. The van der Waals surface area contributed by atoms with Crippen molar-refractivity contribution < 1.29 is 4.74 Å². The predicted molar refractivity (Wildman–Crippen MR) is 66.4 cm³/mol. The molecule has 0 unspecified atom stereocenters. The van der Waals surface area contributed by atoms with E-state index in [0.717, 1.165) is 5.56 Å². The minimum Gasteiger partial charge on any atom is -0.483 e. The second-order valence-corrected chi connectivity index (χ2v) is 3.78. The van der Waals surface area contributed by atoms with Gasteiger partial charge in [0.1, 0.15) is 6.61 Å². The highest BCUT2D eigenvalue weighted by molar-refractivity contribution is 5.27. The third kappa shape index (κ3) is 2.47. The van der Waals surface area contributed by atoms with Gasteiger partial charge in [0, 0.05) is 12.3 Å². The molecular formula is C13H14N2O2. The van der Waals surface area contributed by atoms with Gasteiger partial charge < -0.3 is 10.6 Å². The normalized spacial score (nSPS) is 10.2. The molecule has 0 radical (unpaired) electrons. The number of benzene rings is 1. The van der Waals surface area contributed by atoms with E-state index in [9.17, 15) is 4.79 Å². The highest BCUT2D eigenvalue weighted by atomic mass is 16.5. The Morgan fingerprint density at radius 1 is 1.24 bits per heavy atom. The smallest absolute Gasteiger partial charge is 0.223 e. The van der Waals surface area contributed by atoms with Crippen LogP contribution in [0.25, 0.3) is 0 Å². The lowest BCUT2D eigenvalue weighted by molar-refractivity contribution is 0.298. The molecule has 2 aromatic rings. The van der Waals surface area contributed by atoms with Gasteiger partial charge in [-0.15, -0.1) is 0 Å². The van der Waals surface area contributed by atoms with Crippen molar-refractivity contribution >= 4 is 0 Å². The van der Waals surface area contributed by atoms with Crippen molar-refractivity contribution in [2.75, 3.05) is 5.84 Å². The Bertz CT molecular complexity index is 561. The summed E-state index contributed by atoms with van der Waals surface area (Å²) >= 11 is 0. The molecule has 0 atom stereocenters. The molecule has 0 amide bonds. The van der Waals surface area contributed by atoms with Crippen molar-refractivity contribution in [1.82, 2.24) is 4.68 Å². The van der Waals surface area contributed by atoms with Crippen molar-refractivity contribution in [1.29, 1.82) is 0 Å². The van der Waals surface area contributed by atoms with Gasteiger partial charge in [-0.25, -0.2) is 0 Å². The Balaban J connectivity index is 2.20. The number of hydrogen-bond acceptors (Lipinski definition) is 3. The van der Waals surface area contributed by atoms with Crippen LogP contribution in [0.15, 0.2) is 47.4 Å². The molecule has 1 heterocycles. The zero-order valence-corrected chi connectivity index (χ0v) is 9.59. The van der Waals surface area contributed by atoms with Gasteiger partial charge in [0.25, 0.3) is 0 Å².